The molecule has 1 N–H and O–H groups in total. The fraction of sp³-hybridized carbons (Fsp3) is 0.824. The molecule has 1 saturated carbocycles. The summed E-state index contributed by atoms with van der Waals surface area (Å²) in [4.78, 5) is 4.67. The van der Waals surface area contributed by atoms with E-state index >= 15 is 0 Å². The number of hydrogen-bond donors (Lipinski definition) is 1. The topological polar surface area (TPSA) is 34.2 Å². The molecule has 0 aromatic carbocycles. The molecule has 0 spiro atoms. The van der Waals surface area contributed by atoms with Crippen molar-refractivity contribution >= 4 is 11.3 Å². The van der Waals surface area contributed by atoms with Crippen LogP contribution in [-0.2, 0) is 11.2 Å². The first kappa shape index (κ1) is 16.9. The van der Waals surface area contributed by atoms with Crippen molar-refractivity contribution in [3.63, 3.8) is 0 Å². The van der Waals surface area contributed by atoms with Gasteiger partial charge in [-0.15, -0.1) is 11.3 Å². The summed E-state index contributed by atoms with van der Waals surface area (Å²) >= 11 is 1.79. The average Bonchev–Trinajstić information content (AvgIpc) is 2.90. The predicted octanol–water partition coefficient (Wildman–Crippen LogP) is 4.10. The monoisotopic (exact) mass is 310 g/mol. The molecule has 0 bridgehead atoms. The summed E-state index contributed by atoms with van der Waals surface area (Å²) < 4.78 is 6.32. The normalized spacial score (nSPS) is 19.6. The lowest BCUT2D eigenvalue weighted by Crippen LogP contribution is -2.55. The van der Waals surface area contributed by atoms with Crippen LogP contribution < -0.4 is 5.32 Å². The highest BCUT2D eigenvalue weighted by Gasteiger charge is 2.40. The summed E-state index contributed by atoms with van der Waals surface area (Å²) in [5.41, 5.74) is 1.15. The molecule has 0 aliphatic heterocycles. The first-order valence-electron chi connectivity index (χ1n) is 8.48. The Labute approximate surface area is 133 Å². The summed E-state index contributed by atoms with van der Waals surface area (Å²) in [7, 11) is 0. The third-order valence-electron chi connectivity index (χ3n) is 4.45. The van der Waals surface area contributed by atoms with E-state index in [1.54, 1.807) is 11.3 Å². The second kappa shape index (κ2) is 8.25. The van der Waals surface area contributed by atoms with Crippen LogP contribution in [-0.4, -0.2) is 29.8 Å². The highest BCUT2D eigenvalue weighted by molar-refractivity contribution is 7.09. The van der Waals surface area contributed by atoms with Crippen molar-refractivity contribution in [3.8, 4) is 0 Å². The zero-order chi connectivity index (χ0) is 15.1. The lowest BCUT2D eigenvalue weighted by molar-refractivity contribution is -0.0897. The average molecular weight is 311 g/mol. The summed E-state index contributed by atoms with van der Waals surface area (Å²) in [5, 5.41) is 7.16. The fourth-order valence-electron chi connectivity index (χ4n) is 3.46. The van der Waals surface area contributed by atoms with E-state index in [2.05, 4.69) is 36.5 Å². The largest absolute Gasteiger partial charge is 0.374 e. The summed E-state index contributed by atoms with van der Waals surface area (Å²) in [6.45, 7) is 8.30. The van der Waals surface area contributed by atoms with Crippen LogP contribution >= 0.6 is 11.3 Å². The molecule has 1 fully saturated rings. The molecule has 21 heavy (non-hydrogen) atoms. The number of aromatic nitrogens is 1. The smallest absolute Gasteiger partial charge is 0.0944 e. The van der Waals surface area contributed by atoms with Crippen molar-refractivity contribution in [2.75, 3.05) is 13.2 Å². The summed E-state index contributed by atoms with van der Waals surface area (Å²) in [5.74, 6) is 0. The van der Waals surface area contributed by atoms with Crippen LogP contribution in [0.25, 0.3) is 0 Å². The van der Waals surface area contributed by atoms with Gasteiger partial charge in [0.1, 0.15) is 0 Å². The molecule has 120 valence electrons. The quantitative estimate of drug-likeness (QED) is 0.785. The maximum Gasteiger partial charge on any atom is 0.0944 e. The molecule has 1 atom stereocenters. The Morgan fingerprint density at radius 2 is 2.10 bits per heavy atom. The number of aryl methyl sites for hydroxylation is 1. The Balaban J connectivity index is 2.14. The second-order valence-electron chi connectivity index (χ2n) is 6.15. The molecule has 4 heteroatoms. The first-order chi connectivity index (χ1) is 10.2. The van der Waals surface area contributed by atoms with Crippen molar-refractivity contribution in [3.05, 3.63) is 16.1 Å². The molecule has 1 heterocycles. The fourth-order valence-corrected chi connectivity index (χ4v) is 4.28. The molecule has 1 unspecified atom stereocenters. The van der Waals surface area contributed by atoms with E-state index in [1.807, 2.05) is 0 Å². The van der Waals surface area contributed by atoms with E-state index in [4.69, 9.17) is 4.74 Å². The maximum atomic E-state index is 6.32. The number of nitrogens with one attached hydrogen (secondary N) is 1. The van der Waals surface area contributed by atoms with Gasteiger partial charge in [-0.05, 0) is 39.7 Å². The molecule has 1 aliphatic carbocycles. The van der Waals surface area contributed by atoms with Crippen molar-refractivity contribution in [1.29, 1.82) is 0 Å². The Morgan fingerprint density at radius 3 is 2.67 bits per heavy atom. The van der Waals surface area contributed by atoms with E-state index in [-0.39, 0.29) is 5.60 Å². The first-order valence-corrected chi connectivity index (χ1v) is 9.36. The Hall–Kier alpha value is -0.450. The van der Waals surface area contributed by atoms with Gasteiger partial charge in [-0.2, -0.15) is 0 Å². The van der Waals surface area contributed by atoms with E-state index in [0.29, 0.717) is 6.04 Å². The third kappa shape index (κ3) is 4.51. The molecule has 1 aromatic heterocycles. The van der Waals surface area contributed by atoms with Gasteiger partial charge < -0.3 is 10.1 Å². The van der Waals surface area contributed by atoms with Crippen molar-refractivity contribution < 1.29 is 4.74 Å². The summed E-state index contributed by atoms with van der Waals surface area (Å²) in [6.07, 6.45) is 8.47. The molecular formula is C17H30N2OS. The van der Waals surface area contributed by atoms with Crippen LogP contribution in [0.1, 0.15) is 63.1 Å². The molecule has 1 aromatic rings. The van der Waals surface area contributed by atoms with Crippen LogP contribution in [0.5, 0.6) is 0 Å². The van der Waals surface area contributed by atoms with Crippen LogP contribution in [0.4, 0.5) is 0 Å². The van der Waals surface area contributed by atoms with Crippen LogP contribution in [0.15, 0.2) is 5.38 Å². The third-order valence-corrected chi connectivity index (χ3v) is 5.44. The molecule has 0 saturated heterocycles. The van der Waals surface area contributed by atoms with Gasteiger partial charge in [-0.3, -0.25) is 0 Å². The van der Waals surface area contributed by atoms with Gasteiger partial charge in [0.05, 0.1) is 10.6 Å². The zero-order valence-corrected chi connectivity index (χ0v) is 14.6. The number of hydrogen-bond acceptors (Lipinski definition) is 4. The number of rotatable bonds is 8. The Kier molecular flexibility index (Phi) is 6.65. The van der Waals surface area contributed by atoms with E-state index in [0.717, 1.165) is 31.7 Å². The highest BCUT2D eigenvalue weighted by Crippen LogP contribution is 2.36. The molecule has 0 amide bonds. The van der Waals surface area contributed by atoms with Crippen molar-refractivity contribution in [1.82, 2.24) is 10.3 Å². The van der Waals surface area contributed by atoms with E-state index < -0.39 is 0 Å². The molecule has 2 rings (SSSR count). The molecule has 0 radical (unpaired) electrons. The SMILES string of the molecule is CCCNC(Cc1nc(C)cs1)C1(OCC)CCCCC1. The summed E-state index contributed by atoms with van der Waals surface area (Å²) in [6, 6.07) is 0.392. The minimum Gasteiger partial charge on any atom is -0.374 e. The highest BCUT2D eigenvalue weighted by atomic mass is 32.1. The van der Waals surface area contributed by atoms with Crippen molar-refractivity contribution in [2.45, 2.75) is 77.4 Å². The standard InChI is InChI=1S/C17H30N2OS/c1-4-11-18-15(12-16-19-14(3)13-21-16)17(20-5-2)9-7-6-8-10-17/h13,15,18H,4-12H2,1-3H3. The van der Waals surface area contributed by atoms with Gasteiger partial charge in [-0.25, -0.2) is 4.98 Å². The van der Waals surface area contributed by atoms with Crippen LogP contribution in [0, 0.1) is 6.92 Å². The number of nitrogens with zero attached hydrogens (tertiary/aromatic N) is 1. The number of thiazole rings is 1. The number of ether oxygens (including phenoxy) is 1. The van der Waals surface area contributed by atoms with Crippen LogP contribution in [0.2, 0.25) is 0 Å². The van der Waals surface area contributed by atoms with Gasteiger partial charge in [0.25, 0.3) is 0 Å². The maximum absolute atomic E-state index is 6.32. The second-order valence-corrected chi connectivity index (χ2v) is 7.09. The molecular weight excluding hydrogens is 280 g/mol. The Bertz CT molecular complexity index is 407. The minimum atomic E-state index is 0.0156. The van der Waals surface area contributed by atoms with Gasteiger partial charge in [-0.1, -0.05) is 26.2 Å². The zero-order valence-electron chi connectivity index (χ0n) is 13.8. The minimum absolute atomic E-state index is 0.0156. The van der Waals surface area contributed by atoms with E-state index in [1.165, 1.54) is 37.1 Å². The van der Waals surface area contributed by atoms with E-state index in [9.17, 15) is 0 Å². The van der Waals surface area contributed by atoms with Crippen molar-refractivity contribution in [2.24, 2.45) is 0 Å². The van der Waals surface area contributed by atoms with Crippen LogP contribution in [0.3, 0.4) is 0 Å². The molecule has 3 nitrogen and oxygen atoms in total. The van der Waals surface area contributed by atoms with Gasteiger partial charge >= 0.3 is 0 Å². The van der Waals surface area contributed by atoms with Gasteiger partial charge in [0, 0.05) is 30.1 Å². The van der Waals surface area contributed by atoms with Gasteiger partial charge in [0.15, 0.2) is 0 Å². The lowest BCUT2D eigenvalue weighted by atomic mass is 9.78. The van der Waals surface area contributed by atoms with Gasteiger partial charge in [0.2, 0.25) is 0 Å². The predicted molar refractivity (Wildman–Crippen MR) is 90.1 cm³/mol. The molecule has 1 aliphatic rings. The Morgan fingerprint density at radius 1 is 1.33 bits per heavy atom. The lowest BCUT2D eigenvalue weighted by Gasteiger charge is -2.43.